The van der Waals surface area contributed by atoms with E-state index in [1.54, 1.807) is 0 Å². The van der Waals surface area contributed by atoms with Gasteiger partial charge in [0.2, 0.25) is 0 Å². The first-order valence-electron chi connectivity index (χ1n) is 9.57. The van der Waals surface area contributed by atoms with Crippen molar-refractivity contribution in [3.05, 3.63) is 63.7 Å². The molecule has 0 fully saturated rings. The zero-order chi connectivity index (χ0) is 19.8. The van der Waals surface area contributed by atoms with Crippen LogP contribution in [0.5, 0.6) is 0 Å². The molecule has 0 bridgehead atoms. The number of para-hydroxylation sites is 1. The molecule has 0 aliphatic carbocycles. The number of ether oxygens (including phenoxy) is 1. The van der Waals surface area contributed by atoms with E-state index in [0.717, 1.165) is 45.7 Å². The number of hydrogen-bond donors (Lipinski definition) is 2. The van der Waals surface area contributed by atoms with Crippen molar-refractivity contribution in [2.75, 3.05) is 6.61 Å². The molecule has 1 amide bonds. The first-order valence-corrected chi connectivity index (χ1v) is 9.57. The molecule has 3 heterocycles. The van der Waals surface area contributed by atoms with Crippen LogP contribution in [0.25, 0.3) is 5.69 Å². The van der Waals surface area contributed by atoms with Crippen LogP contribution in [0, 0.1) is 20.8 Å². The summed E-state index contributed by atoms with van der Waals surface area (Å²) in [6.45, 7) is 8.99. The van der Waals surface area contributed by atoms with E-state index in [4.69, 9.17) is 4.74 Å². The van der Waals surface area contributed by atoms with Crippen molar-refractivity contribution in [3.63, 3.8) is 0 Å². The predicted octanol–water partition coefficient (Wildman–Crippen LogP) is 3.08. The molecule has 1 atom stereocenters. The highest BCUT2D eigenvalue weighted by molar-refractivity contribution is 5.94. The van der Waals surface area contributed by atoms with Crippen LogP contribution in [-0.2, 0) is 17.8 Å². The third-order valence-electron chi connectivity index (χ3n) is 5.40. The van der Waals surface area contributed by atoms with E-state index in [-0.39, 0.29) is 11.9 Å². The fourth-order valence-corrected chi connectivity index (χ4v) is 3.94. The van der Waals surface area contributed by atoms with Gasteiger partial charge in [0.05, 0.1) is 36.8 Å². The average molecular weight is 379 g/mol. The van der Waals surface area contributed by atoms with Crippen LogP contribution in [0.1, 0.15) is 57.1 Å². The SMILES string of the molecule is CCc1c(C(=O)N[C@@H]2COCc3c2cnn3-c2c(C)cccc2C)n[nH]c1C. The van der Waals surface area contributed by atoms with Gasteiger partial charge in [0.15, 0.2) is 5.69 Å². The standard InChI is InChI=1S/C21H25N5O2/c1-5-15-14(4)24-25-19(15)21(27)23-17-10-28-11-18-16(17)9-22-26(18)20-12(2)7-6-8-13(20)3/h6-9,17H,5,10-11H2,1-4H3,(H,23,27)(H,24,25)/t17-/m1/s1. The second-order valence-electron chi connectivity index (χ2n) is 7.27. The Morgan fingerprint density at radius 1 is 1.32 bits per heavy atom. The lowest BCUT2D eigenvalue weighted by Crippen LogP contribution is -2.35. The Hall–Kier alpha value is -2.93. The molecule has 0 saturated heterocycles. The Labute approximate surface area is 164 Å². The molecule has 1 aromatic carbocycles. The van der Waals surface area contributed by atoms with E-state index in [9.17, 15) is 4.79 Å². The minimum absolute atomic E-state index is 0.192. The summed E-state index contributed by atoms with van der Waals surface area (Å²) in [7, 11) is 0. The average Bonchev–Trinajstić information content (AvgIpc) is 3.26. The number of amides is 1. The molecular formula is C21H25N5O2. The molecular weight excluding hydrogens is 354 g/mol. The van der Waals surface area contributed by atoms with Gasteiger partial charge >= 0.3 is 0 Å². The van der Waals surface area contributed by atoms with Crippen molar-refractivity contribution in [2.45, 2.75) is 46.8 Å². The number of aromatic amines is 1. The molecule has 4 rings (SSSR count). The first-order chi connectivity index (χ1) is 13.5. The number of H-pyrrole nitrogens is 1. The number of hydrogen-bond acceptors (Lipinski definition) is 4. The second-order valence-corrected chi connectivity index (χ2v) is 7.27. The minimum atomic E-state index is -0.254. The maximum atomic E-state index is 12.8. The van der Waals surface area contributed by atoms with Gasteiger partial charge in [-0.05, 0) is 38.3 Å². The first kappa shape index (κ1) is 18.4. The number of nitrogens with zero attached hydrogens (tertiary/aromatic N) is 3. The van der Waals surface area contributed by atoms with Gasteiger partial charge in [-0.1, -0.05) is 25.1 Å². The molecule has 0 radical (unpaired) electrons. The number of carbonyl (C=O) groups excluding carboxylic acids is 1. The van der Waals surface area contributed by atoms with Gasteiger partial charge in [-0.3, -0.25) is 9.89 Å². The molecule has 0 saturated carbocycles. The summed E-state index contributed by atoms with van der Waals surface area (Å²) in [6, 6.07) is 5.94. The maximum Gasteiger partial charge on any atom is 0.272 e. The normalized spacial score (nSPS) is 16.1. The summed E-state index contributed by atoms with van der Waals surface area (Å²) in [5, 5.41) is 14.8. The van der Waals surface area contributed by atoms with Crippen molar-refractivity contribution in [2.24, 2.45) is 0 Å². The van der Waals surface area contributed by atoms with E-state index >= 15 is 0 Å². The zero-order valence-electron chi connectivity index (χ0n) is 16.7. The van der Waals surface area contributed by atoms with Crippen LogP contribution >= 0.6 is 0 Å². The summed E-state index contributed by atoms with van der Waals surface area (Å²) >= 11 is 0. The molecule has 1 aliphatic heterocycles. The number of rotatable bonds is 4. The minimum Gasteiger partial charge on any atom is -0.373 e. The molecule has 2 aromatic heterocycles. The van der Waals surface area contributed by atoms with Crippen molar-refractivity contribution in [1.82, 2.24) is 25.3 Å². The molecule has 1 aliphatic rings. The quantitative estimate of drug-likeness (QED) is 0.730. The van der Waals surface area contributed by atoms with Crippen LogP contribution in [0.3, 0.4) is 0 Å². The fraction of sp³-hybridized carbons (Fsp3) is 0.381. The van der Waals surface area contributed by atoms with Crippen molar-refractivity contribution < 1.29 is 9.53 Å². The fourth-order valence-electron chi connectivity index (χ4n) is 3.94. The lowest BCUT2D eigenvalue weighted by Gasteiger charge is -2.25. The highest BCUT2D eigenvalue weighted by Gasteiger charge is 2.29. The number of nitrogens with one attached hydrogen (secondary N) is 2. The molecule has 0 spiro atoms. The van der Waals surface area contributed by atoms with Crippen LogP contribution in [0.2, 0.25) is 0 Å². The van der Waals surface area contributed by atoms with Crippen LogP contribution in [0.4, 0.5) is 0 Å². The maximum absolute atomic E-state index is 12.8. The third kappa shape index (κ3) is 3.01. The number of fused-ring (bicyclic) bond motifs is 1. The Balaban J connectivity index is 1.65. The molecule has 28 heavy (non-hydrogen) atoms. The Morgan fingerprint density at radius 3 is 2.79 bits per heavy atom. The van der Waals surface area contributed by atoms with Crippen LogP contribution in [0.15, 0.2) is 24.4 Å². The second kappa shape index (κ2) is 7.24. The molecule has 7 heteroatoms. The lowest BCUT2D eigenvalue weighted by atomic mass is 10.0. The molecule has 146 valence electrons. The third-order valence-corrected chi connectivity index (χ3v) is 5.40. The van der Waals surface area contributed by atoms with Crippen molar-refractivity contribution in [3.8, 4) is 5.69 Å². The Bertz CT molecular complexity index is 1010. The van der Waals surface area contributed by atoms with Gasteiger partial charge in [-0.25, -0.2) is 4.68 Å². The number of aromatic nitrogens is 4. The largest absolute Gasteiger partial charge is 0.373 e. The molecule has 3 aromatic rings. The molecule has 7 nitrogen and oxygen atoms in total. The molecule has 2 N–H and O–H groups in total. The van der Waals surface area contributed by atoms with E-state index in [2.05, 4.69) is 46.6 Å². The predicted molar refractivity (Wildman–Crippen MR) is 106 cm³/mol. The highest BCUT2D eigenvalue weighted by atomic mass is 16.5. The van der Waals surface area contributed by atoms with Crippen LogP contribution < -0.4 is 5.32 Å². The van der Waals surface area contributed by atoms with E-state index in [1.807, 2.05) is 30.8 Å². The smallest absolute Gasteiger partial charge is 0.272 e. The highest BCUT2D eigenvalue weighted by Crippen LogP contribution is 2.29. The lowest BCUT2D eigenvalue weighted by molar-refractivity contribution is 0.0684. The van der Waals surface area contributed by atoms with E-state index in [0.29, 0.717) is 18.9 Å². The van der Waals surface area contributed by atoms with Gasteiger partial charge in [0, 0.05) is 16.8 Å². The van der Waals surface area contributed by atoms with Gasteiger partial charge < -0.3 is 10.1 Å². The zero-order valence-corrected chi connectivity index (χ0v) is 16.7. The van der Waals surface area contributed by atoms with Crippen molar-refractivity contribution in [1.29, 1.82) is 0 Å². The van der Waals surface area contributed by atoms with Gasteiger partial charge in [-0.2, -0.15) is 10.2 Å². The number of carbonyl (C=O) groups is 1. The topological polar surface area (TPSA) is 84.8 Å². The van der Waals surface area contributed by atoms with E-state index < -0.39 is 0 Å². The summed E-state index contributed by atoms with van der Waals surface area (Å²) in [6.07, 6.45) is 2.59. The van der Waals surface area contributed by atoms with E-state index in [1.165, 1.54) is 0 Å². The van der Waals surface area contributed by atoms with Crippen molar-refractivity contribution >= 4 is 5.91 Å². The number of aryl methyl sites for hydroxylation is 3. The summed E-state index contributed by atoms with van der Waals surface area (Å²) < 4.78 is 7.74. The summed E-state index contributed by atoms with van der Waals surface area (Å²) in [4.78, 5) is 12.8. The molecule has 0 unspecified atom stereocenters. The number of benzene rings is 1. The Morgan fingerprint density at radius 2 is 2.07 bits per heavy atom. The summed E-state index contributed by atoms with van der Waals surface area (Å²) in [5.74, 6) is -0.192. The van der Waals surface area contributed by atoms with Gasteiger partial charge in [0.1, 0.15) is 0 Å². The summed E-state index contributed by atoms with van der Waals surface area (Å²) in [5.41, 5.74) is 7.66. The van der Waals surface area contributed by atoms with Gasteiger partial charge in [0.25, 0.3) is 5.91 Å². The monoisotopic (exact) mass is 379 g/mol. The van der Waals surface area contributed by atoms with Crippen LogP contribution in [-0.4, -0.2) is 32.5 Å². The Kier molecular flexibility index (Phi) is 4.77. The van der Waals surface area contributed by atoms with Gasteiger partial charge in [-0.15, -0.1) is 0 Å².